The lowest BCUT2D eigenvalue weighted by molar-refractivity contribution is 0.0519. The van der Waals surface area contributed by atoms with Crippen molar-refractivity contribution >= 4 is 16.0 Å². The molecule has 0 saturated heterocycles. The summed E-state index contributed by atoms with van der Waals surface area (Å²) in [4.78, 5) is 15.7. The summed E-state index contributed by atoms with van der Waals surface area (Å²) in [7, 11) is -3.86. The Morgan fingerprint density at radius 2 is 1.69 bits per heavy atom. The summed E-state index contributed by atoms with van der Waals surface area (Å²) in [6, 6.07) is 12.4. The number of benzene rings is 2. The number of esters is 1. The fraction of sp³-hybridized carbons (Fsp3) is 0.346. The van der Waals surface area contributed by atoms with Gasteiger partial charge in [0.25, 0.3) is 0 Å². The highest BCUT2D eigenvalue weighted by molar-refractivity contribution is 7.89. The summed E-state index contributed by atoms with van der Waals surface area (Å²) in [6.07, 6.45) is 0.819. The maximum absolute atomic E-state index is 13.8. The molecular weight excluding hydrogens is 468 g/mol. The molecule has 4 rings (SSSR count). The van der Waals surface area contributed by atoms with Crippen LogP contribution in [-0.4, -0.2) is 37.1 Å². The lowest BCUT2D eigenvalue weighted by Crippen LogP contribution is -2.30. The van der Waals surface area contributed by atoms with Crippen molar-refractivity contribution < 1.29 is 27.4 Å². The van der Waals surface area contributed by atoms with Crippen LogP contribution in [0.15, 0.2) is 47.4 Å². The van der Waals surface area contributed by atoms with E-state index in [0.717, 1.165) is 28.8 Å². The fourth-order valence-corrected chi connectivity index (χ4v) is 5.52. The van der Waals surface area contributed by atoms with Crippen molar-refractivity contribution in [2.24, 2.45) is 0 Å². The Morgan fingerprint density at radius 1 is 1.00 bits per heavy atom. The Bertz CT molecular complexity index is 1330. The number of aryl methyl sites for hydroxylation is 2. The van der Waals surface area contributed by atoms with E-state index in [9.17, 15) is 13.2 Å². The van der Waals surface area contributed by atoms with Crippen LogP contribution in [0.25, 0.3) is 0 Å². The molecular formula is C26H30N2O6S. The van der Waals surface area contributed by atoms with Crippen molar-refractivity contribution in [1.29, 1.82) is 0 Å². The van der Waals surface area contributed by atoms with Crippen LogP contribution in [0.4, 0.5) is 0 Å². The zero-order chi connectivity index (χ0) is 25.2. The van der Waals surface area contributed by atoms with Crippen LogP contribution in [0.2, 0.25) is 0 Å². The molecule has 3 aromatic rings. The van der Waals surface area contributed by atoms with Gasteiger partial charge in [-0.1, -0.05) is 25.1 Å². The van der Waals surface area contributed by atoms with E-state index in [-0.39, 0.29) is 31.4 Å². The smallest absolute Gasteiger partial charge is 0.355 e. The van der Waals surface area contributed by atoms with Crippen molar-refractivity contribution in [3.8, 4) is 11.5 Å². The van der Waals surface area contributed by atoms with Gasteiger partial charge in [-0.25, -0.2) is 13.2 Å². The number of H-pyrrole nitrogens is 1. The average Bonchev–Trinajstić information content (AvgIpc) is 3.43. The van der Waals surface area contributed by atoms with Gasteiger partial charge in [-0.05, 0) is 73.7 Å². The molecule has 0 radical (unpaired) electrons. The van der Waals surface area contributed by atoms with E-state index < -0.39 is 16.0 Å². The van der Waals surface area contributed by atoms with Gasteiger partial charge in [0.1, 0.15) is 5.69 Å². The third-order valence-electron chi connectivity index (χ3n) is 6.17. The van der Waals surface area contributed by atoms with E-state index >= 15 is 0 Å². The second kappa shape index (κ2) is 10.1. The SMILES string of the molecule is CCOC(=O)c1[nH]c(C)c(CN(Cc2ccc3c(c2)OCO3)S(=O)(=O)c2ccc(CC)cc2)c1C. The molecule has 35 heavy (non-hydrogen) atoms. The van der Waals surface area contributed by atoms with Gasteiger partial charge in [-0.3, -0.25) is 0 Å². The number of rotatable bonds is 9. The third kappa shape index (κ3) is 5.06. The number of aromatic amines is 1. The Labute approximate surface area is 205 Å². The lowest BCUT2D eigenvalue weighted by Gasteiger charge is -2.23. The third-order valence-corrected chi connectivity index (χ3v) is 7.98. The molecule has 2 aromatic carbocycles. The zero-order valence-electron chi connectivity index (χ0n) is 20.4. The highest BCUT2D eigenvalue weighted by Gasteiger charge is 2.29. The minimum absolute atomic E-state index is 0.0832. The lowest BCUT2D eigenvalue weighted by atomic mass is 10.1. The van der Waals surface area contributed by atoms with E-state index in [1.54, 1.807) is 38.1 Å². The zero-order valence-corrected chi connectivity index (χ0v) is 21.2. The van der Waals surface area contributed by atoms with Crippen LogP contribution in [0.5, 0.6) is 11.5 Å². The molecule has 8 nitrogen and oxygen atoms in total. The summed E-state index contributed by atoms with van der Waals surface area (Å²) in [5.41, 5.74) is 4.29. The number of nitrogens with zero attached hydrogens (tertiary/aromatic N) is 1. The number of hydrogen-bond acceptors (Lipinski definition) is 6. The second-order valence-corrected chi connectivity index (χ2v) is 10.3. The fourth-order valence-electron chi connectivity index (χ4n) is 4.12. The molecule has 0 bridgehead atoms. The van der Waals surface area contributed by atoms with Gasteiger partial charge in [0, 0.05) is 18.8 Å². The van der Waals surface area contributed by atoms with Gasteiger partial charge >= 0.3 is 5.97 Å². The van der Waals surface area contributed by atoms with Crippen LogP contribution >= 0.6 is 0 Å². The highest BCUT2D eigenvalue weighted by atomic mass is 32.2. The van der Waals surface area contributed by atoms with Crippen molar-refractivity contribution in [3.63, 3.8) is 0 Å². The van der Waals surface area contributed by atoms with E-state index in [1.807, 2.05) is 32.0 Å². The maximum atomic E-state index is 13.8. The first-order chi connectivity index (χ1) is 16.7. The first-order valence-corrected chi connectivity index (χ1v) is 13.0. The van der Waals surface area contributed by atoms with Crippen molar-refractivity contribution in [3.05, 3.63) is 76.1 Å². The van der Waals surface area contributed by atoms with Crippen LogP contribution in [-0.2, 0) is 34.3 Å². The molecule has 0 saturated carbocycles. The van der Waals surface area contributed by atoms with Crippen molar-refractivity contribution in [2.75, 3.05) is 13.4 Å². The van der Waals surface area contributed by atoms with Gasteiger partial charge in [0.2, 0.25) is 16.8 Å². The van der Waals surface area contributed by atoms with Crippen LogP contribution < -0.4 is 9.47 Å². The number of sulfonamides is 1. The molecule has 0 unspecified atom stereocenters. The number of carbonyl (C=O) groups is 1. The van der Waals surface area contributed by atoms with Gasteiger partial charge in [-0.15, -0.1) is 0 Å². The average molecular weight is 499 g/mol. The predicted octanol–water partition coefficient (Wildman–Crippen LogP) is 4.49. The summed E-state index contributed by atoms with van der Waals surface area (Å²) >= 11 is 0. The first-order valence-electron chi connectivity index (χ1n) is 11.6. The Kier molecular flexibility index (Phi) is 7.18. The molecule has 0 fully saturated rings. The molecule has 1 aliphatic heterocycles. The molecule has 186 valence electrons. The maximum Gasteiger partial charge on any atom is 0.355 e. The Morgan fingerprint density at radius 3 is 2.37 bits per heavy atom. The van der Waals surface area contributed by atoms with E-state index in [4.69, 9.17) is 14.2 Å². The Hall–Kier alpha value is -3.30. The van der Waals surface area contributed by atoms with Crippen LogP contribution in [0.1, 0.15) is 52.3 Å². The highest BCUT2D eigenvalue weighted by Crippen LogP contribution is 2.34. The minimum Gasteiger partial charge on any atom is -0.461 e. The quantitative estimate of drug-likeness (QED) is 0.437. The standard InChI is InChI=1S/C26H30N2O6S/c1-5-19-7-10-21(11-8-19)35(30,31)28(14-20-9-12-23-24(13-20)34-16-33-23)15-22-17(3)25(27-18(22)4)26(29)32-6-2/h7-13,27H,5-6,14-16H2,1-4H3. The molecule has 0 aliphatic carbocycles. The van der Waals surface area contributed by atoms with Gasteiger partial charge in [0.05, 0.1) is 11.5 Å². The van der Waals surface area contributed by atoms with Crippen LogP contribution in [0.3, 0.4) is 0 Å². The molecule has 9 heteroatoms. The summed E-state index contributed by atoms with van der Waals surface area (Å²) in [6.45, 7) is 7.99. The predicted molar refractivity (Wildman–Crippen MR) is 131 cm³/mol. The molecule has 1 aliphatic rings. The summed E-state index contributed by atoms with van der Waals surface area (Å²) in [5, 5.41) is 0. The van der Waals surface area contributed by atoms with Crippen LogP contribution in [0, 0.1) is 13.8 Å². The van der Waals surface area contributed by atoms with E-state index in [0.29, 0.717) is 22.8 Å². The second-order valence-electron chi connectivity index (χ2n) is 8.41. The summed E-state index contributed by atoms with van der Waals surface area (Å²) < 4.78 is 45.1. The number of fused-ring (bicyclic) bond motifs is 1. The van der Waals surface area contributed by atoms with Crippen molar-refractivity contribution in [2.45, 2.75) is 52.1 Å². The molecule has 0 spiro atoms. The molecule has 2 heterocycles. The summed E-state index contributed by atoms with van der Waals surface area (Å²) in [5.74, 6) is 0.764. The van der Waals surface area contributed by atoms with Gasteiger partial charge in [-0.2, -0.15) is 4.31 Å². The van der Waals surface area contributed by atoms with Crippen molar-refractivity contribution in [1.82, 2.24) is 9.29 Å². The first kappa shape index (κ1) is 24.8. The normalized spacial score (nSPS) is 12.8. The monoisotopic (exact) mass is 498 g/mol. The molecule has 1 N–H and O–H groups in total. The van der Waals surface area contributed by atoms with Gasteiger partial charge in [0.15, 0.2) is 11.5 Å². The topological polar surface area (TPSA) is 97.9 Å². The number of nitrogens with one attached hydrogen (secondary N) is 1. The number of ether oxygens (including phenoxy) is 3. The molecule has 0 amide bonds. The molecule has 0 atom stereocenters. The van der Waals surface area contributed by atoms with Gasteiger partial charge < -0.3 is 19.2 Å². The number of hydrogen-bond donors (Lipinski definition) is 1. The van der Waals surface area contributed by atoms with E-state index in [2.05, 4.69) is 4.98 Å². The minimum atomic E-state index is -3.86. The van der Waals surface area contributed by atoms with E-state index in [1.165, 1.54) is 4.31 Å². The molecule has 1 aromatic heterocycles. The largest absolute Gasteiger partial charge is 0.461 e. The Balaban J connectivity index is 1.72. The number of aromatic nitrogens is 1. The number of carbonyl (C=O) groups excluding carboxylic acids is 1.